The van der Waals surface area contributed by atoms with Crippen molar-refractivity contribution in [3.63, 3.8) is 0 Å². The third-order valence-electron chi connectivity index (χ3n) is 5.97. The predicted octanol–water partition coefficient (Wildman–Crippen LogP) is 1.91. The summed E-state index contributed by atoms with van der Waals surface area (Å²) in [6, 6.07) is 5.94. The van der Waals surface area contributed by atoms with Crippen LogP contribution in [0.2, 0.25) is 0 Å². The fraction of sp³-hybridized carbons (Fsp3) is 0.650. The van der Waals surface area contributed by atoms with E-state index in [0.717, 1.165) is 37.1 Å². The largest absolute Gasteiger partial charge is 0.342 e. The Balaban J connectivity index is 1.60. The highest BCUT2D eigenvalue weighted by molar-refractivity contribution is 7.89. The van der Waals surface area contributed by atoms with Gasteiger partial charge >= 0.3 is 0 Å². The van der Waals surface area contributed by atoms with Crippen LogP contribution in [-0.2, 0) is 14.8 Å². The van der Waals surface area contributed by atoms with Crippen LogP contribution in [0.4, 0.5) is 0 Å². The van der Waals surface area contributed by atoms with Crippen molar-refractivity contribution in [1.82, 2.24) is 14.5 Å². The molecule has 0 aliphatic carbocycles. The van der Waals surface area contributed by atoms with Crippen LogP contribution < -0.4 is 5.32 Å². The quantitative estimate of drug-likeness (QED) is 0.848. The predicted molar refractivity (Wildman–Crippen MR) is 106 cm³/mol. The number of aryl methyl sites for hydroxylation is 2. The van der Waals surface area contributed by atoms with E-state index in [-0.39, 0.29) is 11.8 Å². The molecule has 1 N–H and O–H groups in total. The number of sulfonamides is 1. The van der Waals surface area contributed by atoms with Crippen molar-refractivity contribution in [1.29, 1.82) is 0 Å². The first-order chi connectivity index (χ1) is 12.8. The van der Waals surface area contributed by atoms with E-state index in [9.17, 15) is 13.2 Å². The Morgan fingerprint density at radius 2 is 1.67 bits per heavy atom. The molecule has 1 aromatic rings. The average molecular weight is 394 g/mol. The summed E-state index contributed by atoms with van der Waals surface area (Å²) in [6.45, 7) is 6.22. The van der Waals surface area contributed by atoms with Gasteiger partial charge in [-0.1, -0.05) is 17.7 Å². The maximum atomic E-state index is 13.0. The molecule has 1 aromatic carbocycles. The van der Waals surface area contributed by atoms with Gasteiger partial charge < -0.3 is 10.2 Å². The molecule has 7 heteroatoms. The zero-order valence-electron chi connectivity index (χ0n) is 16.6. The molecule has 1 amide bonds. The summed E-state index contributed by atoms with van der Waals surface area (Å²) in [5.41, 5.74) is 1.83. The van der Waals surface area contributed by atoms with Gasteiger partial charge in [-0.25, -0.2) is 8.42 Å². The monoisotopic (exact) mass is 393 g/mol. The number of benzene rings is 1. The highest BCUT2D eigenvalue weighted by Gasteiger charge is 2.35. The summed E-state index contributed by atoms with van der Waals surface area (Å²) in [4.78, 5) is 15.2. The lowest BCUT2D eigenvalue weighted by Crippen LogP contribution is -2.48. The first kappa shape index (κ1) is 20.3. The Labute approximate surface area is 163 Å². The summed E-state index contributed by atoms with van der Waals surface area (Å²) in [5, 5.41) is 3.28. The fourth-order valence-electron chi connectivity index (χ4n) is 4.22. The second-order valence-electron chi connectivity index (χ2n) is 7.84. The van der Waals surface area contributed by atoms with E-state index in [0.29, 0.717) is 36.9 Å². The van der Waals surface area contributed by atoms with Crippen LogP contribution in [0.1, 0.15) is 36.8 Å². The van der Waals surface area contributed by atoms with Gasteiger partial charge in [0.15, 0.2) is 0 Å². The number of likely N-dealkylation sites (tertiary alicyclic amines) is 1. The van der Waals surface area contributed by atoms with Crippen molar-refractivity contribution < 1.29 is 13.2 Å². The minimum Gasteiger partial charge on any atom is -0.342 e. The maximum Gasteiger partial charge on any atom is 0.243 e. The van der Waals surface area contributed by atoms with Gasteiger partial charge in [0.1, 0.15) is 0 Å². The normalized spacial score (nSPS) is 20.8. The Morgan fingerprint density at radius 1 is 1.04 bits per heavy atom. The molecule has 0 radical (unpaired) electrons. The number of carbonyl (C=O) groups is 1. The molecule has 150 valence electrons. The maximum absolute atomic E-state index is 13.0. The SMILES string of the molecule is CNC1CCN(C(=O)C2CCN(S(=O)(=O)c3ccc(C)cc3C)CC2)CC1. The van der Waals surface area contributed by atoms with Gasteiger partial charge in [0.05, 0.1) is 4.90 Å². The van der Waals surface area contributed by atoms with E-state index < -0.39 is 10.0 Å². The van der Waals surface area contributed by atoms with Gasteiger partial charge in [-0.05, 0) is 58.2 Å². The standard InChI is InChI=1S/C20H31N3O3S/c1-15-4-5-19(16(2)14-15)27(25,26)23-12-6-17(7-13-23)20(24)22-10-8-18(21-3)9-11-22/h4-5,14,17-18,21H,6-13H2,1-3H3. The second-order valence-corrected chi connectivity index (χ2v) is 9.74. The molecule has 0 bridgehead atoms. The molecule has 0 saturated carbocycles. The zero-order chi connectivity index (χ0) is 19.6. The molecule has 2 saturated heterocycles. The second kappa shape index (κ2) is 8.29. The highest BCUT2D eigenvalue weighted by atomic mass is 32.2. The van der Waals surface area contributed by atoms with E-state index in [1.807, 2.05) is 37.9 Å². The summed E-state index contributed by atoms with van der Waals surface area (Å²) < 4.78 is 27.5. The molecule has 3 rings (SSSR count). The van der Waals surface area contributed by atoms with Gasteiger partial charge in [-0.2, -0.15) is 4.31 Å². The van der Waals surface area contributed by atoms with Crippen molar-refractivity contribution >= 4 is 15.9 Å². The molecule has 0 unspecified atom stereocenters. The van der Waals surface area contributed by atoms with E-state index in [1.54, 1.807) is 10.4 Å². The number of hydrogen-bond donors (Lipinski definition) is 1. The van der Waals surface area contributed by atoms with Crippen molar-refractivity contribution in [2.45, 2.75) is 50.5 Å². The van der Waals surface area contributed by atoms with Gasteiger partial charge in [-0.15, -0.1) is 0 Å². The number of hydrogen-bond acceptors (Lipinski definition) is 4. The van der Waals surface area contributed by atoms with E-state index in [4.69, 9.17) is 0 Å². The number of rotatable bonds is 4. The van der Waals surface area contributed by atoms with E-state index in [2.05, 4.69) is 5.32 Å². The van der Waals surface area contributed by atoms with Gasteiger partial charge in [0.25, 0.3) is 0 Å². The average Bonchev–Trinajstić information content (AvgIpc) is 2.67. The zero-order valence-corrected chi connectivity index (χ0v) is 17.4. The van der Waals surface area contributed by atoms with Crippen molar-refractivity contribution in [3.8, 4) is 0 Å². The Morgan fingerprint density at radius 3 is 2.22 bits per heavy atom. The minimum atomic E-state index is -3.49. The Bertz CT molecular complexity index is 778. The molecule has 0 atom stereocenters. The number of piperidine rings is 2. The lowest BCUT2D eigenvalue weighted by molar-refractivity contribution is -0.137. The van der Waals surface area contributed by atoms with Gasteiger partial charge in [0, 0.05) is 38.1 Å². The third kappa shape index (κ3) is 4.36. The minimum absolute atomic E-state index is 0.0540. The van der Waals surface area contributed by atoms with E-state index in [1.165, 1.54) is 0 Å². The van der Waals surface area contributed by atoms with Crippen LogP contribution in [0.25, 0.3) is 0 Å². The van der Waals surface area contributed by atoms with Crippen LogP contribution in [0, 0.1) is 19.8 Å². The van der Waals surface area contributed by atoms with Crippen LogP contribution in [-0.4, -0.2) is 62.8 Å². The smallest absolute Gasteiger partial charge is 0.243 e. The molecule has 0 spiro atoms. The van der Waals surface area contributed by atoms with Crippen molar-refractivity contribution in [2.24, 2.45) is 5.92 Å². The number of nitrogens with one attached hydrogen (secondary N) is 1. The lowest BCUT2D eigenvalue weighted by atomic mass is 9.95. The van der Waals surface area contributed by atoms with Gasteiger partial charge in [-0.3, -0.25) is 4.79 Å². The molecule has 2 aliphatic rings. The van der Waals surface area contributed by atoms with Gasteiger partial charge in [0.2, 0.25) is 15.9 Å². The Kier molecular flexibility index (Phi) is 6.23. The molecular formula is C20H31N3O3S. The number of amides is 1. The molecule has 2 heterocycles. The topological polar surface area (TPSA) is 69.7 Å². The molecule has 27 heavy (non-hydrogen) atoms. The van der Waals surface area contributed by atoms with Crippen LogP contribution >= 0.6 is 0 Å². The summed E-state index contributed by atoms with van der Waals surface area (Å²) >= 11 is 0. The number of carbonyl (C=O) groups excluding carboxylic acids is 1. The summed E-state index contributed by atoms with van der Waals surface area (Å²) in [5.74, 6) is 0.148. The fourth-order valence-corrected chi connectivity index (χ4v) is 5.89. The Hall–Kier alpha value is -1.44. The molecular weight excluding hydrogens is 362 g/mol. The van der Waals surface area contributed by atoms with Crippen LogP contribution in [0.5, 0.6) is 0 Å². The van der Waals surface area contributed by atoms with Crippen molar-refractivity contribution in [3.05, 3.63) is 29.3 Å². The summed E-state index contributed by atoms with van der Waals surface area (Å²) in [7, 11) is -1.53. The molecule has 2 fully saturated rings. The first-order valence-corrected chi connectivity index (χ1v) is 11.3. The third-order valence-corrected chi connectivity index (χ3v) is 8.03. The molecule has 2 aliphatic heterocycles. The number of nitrogens with zero attached hydrogens (tertiary/aromatic N) is 2. The van der Waals surface area contributed by atoms with Crippen molar-refractivity contribution in [2.75, 3.05) is 33.2 Å². The van der Waals surface area contributed by atoms with E-state index >= 15 is 0 Å². The van der Waals surface area contributed by atoms with Crippen LogP contribution in [0.15, 0.2) is 23.1 Å². The lowest BCUT2D eigenvalue weighted by Gasteiger charge is -2.37. The highest BCUT2D eigenvalue weighted by Crippen LogP contribution is 2.27. The van der Waals surface area contributed by atoms with Crippen LogP contribution in [0.3, 0.4) is 0 Å². The summed E-state index contributed by atoms with van der Waals surface area (Å²) in [6.07, 6.45) is 3.19. The molecule has 6 nitrogen and oxygen atoms in total. The molecule has 0 aromatic heterocycles. The first-order valence-electron chi connectivity index (χ1n) is 9.86.